The van der Waals surface area contributed by atoms with E-state index < -0.39 is 36.6 Å². The number of rotatable bonds is 6. The number of allylic oxidation sites excluding steroid dienone is 2. The first-order valence-corrected chi connectivity index (χ1v) is 8.67. The maximum atomic E-state index is 12.7. The van der Waals surface area contributed by atoms with Gasteiger partial charge in [0.05, 0.1) is 17.9 Å². The Bertz CT molecular complexity index is 744. The van der Waals surface area contributed by atoms with E-state index in [1.54, 1.807) is 19.1 Å². The van der Waals surface area contributed by atoms with E-state index >= 15 is 0 Å². The largest absolute Gasteiger partial charge is 0.484 e. The van der Waals surface area contributed by atoms with Crippen LogP contribution in [0.15, 0.2) is 36.4 Å². The number of carbonyl (C=O) groups is 2. The van der Waals surface area contributed by atoms with Crippen molar-refractivity contribution in [3.8, 4) is 5.75 Å². The van der Waals surface area contributed by atoms with Crippen LogP contribution in [0.25, 0.3) is 0 Å². The van der Waals surface area contributed by atoms with E-state index in [0.717, 1.165) is 0 Å². The highest BCUT2D eigenvalue weighted by molar-refractivity contribution is 5.87. The molecule has 2 bridgehead atoms. The predicted molar refractivity (Wildman–Crippen MR) is 89.9 cm³/mol. The van der Waals surface area contributed by atoms with Crippen LogP contribution in [0.2, 0.25) is 0 Å². The molecule has 0 spiro atoms. The monoisotopic (exact) mass is 383 g/mol. The van der Waals surface area contributed by atoms with Gasteiger partial charge in [-0.3, -0.25) is 9.59 Å². The minimum absolute atomic E-state index is 0.0681. The maximum Gasteiger partial charge on any atom is 0.422 e. The molecule has 0 aliphatic heterocycles. The van der Waals surface area contributed by atoms with Crippen LogP contribution in [-0.2, 0) is 9.59 Å². The number of ether oxygens (including phenoxy) is 1. The zero-order valence-electron chi connectivity index (χ0n) is 14.6. The van der Waals surface area contributed by atoms with Crippen LogP contribution in [-0.4, -0.2) is 29.8 Å². The Balaban J connectivity index is 1.61. The number of hydrogen-bond acceptors (Lipinski definition) is 3. The summed E-state index contributed by atoms with van der Waals surface area (Å²) in [5.74, 6) is -2.70. The number of nitrogens with one attached hydrogen (secondary N) is 1. The van der Waals surface area contributed by atoms with Gasteiger partial charge in [0.15, 0.2) is 6.61 Å². The van der Waals surface area contributed by atoms with E-state index in [-0.39, 0.29) is 23.5 Å². The zero-order chi connectivity index (χ0) is 19.8. The molecule has 27 heavy (non-hydrogen) atoms. The molecule has 0 radical (unpaired) electrons. The van der Waals surface area contributed by atoms with Crippen LogP contribution < -0.4 is 10.1 Å². The Morgan fingerprint density at radius 1 is 1.19 bits per heavy atom. The normalized spacial score (nSPS) is 27.4. The smallest absolute Gasteiger partial charge is 0.422 e. The van der Waals surface area contributed by atoms with Crippen molar-refractivity contribution in [3.05, 3.63) is 42.0 Å². The predicted octanol–water partition coefficient (Wildman–Crippen LogP) is 3.33. The number of halogens is 3. The minimum Gasteiger partial charge on any atom is -0.484 e. The first-order valence-electron chi connectivity index (χ1n) is 8.67. The summed E-state index contributed by atoms with van der Waals surface area (Å²) in [4.78, 5) is 24.2. The highest BCUT2D eigenvalue weighted by Gasteiger charge is 2.51. The lowest BCUT2D eigenvalue weighted by molar-refractivity contribution is -0.153. The second-order valence-corrected chi connectivity index (χ2v) is 7.04. The number of benzene rings is 1. The summed E-state index contributed by atoms with van der Waals surface area (Å²) < 4.78 is 41.2. The van der Waals surface area contributed by atoms with E-state index in [1.165, 1.54) is 12.1 Å². The molecule has 0 heterocycles. The lowest BCUT2D eigenvalue weighted by atomic mass is 9.82. The fourth-order valence-electron chi connectivity index (χ4n) is 3.93. The van der Waals surface area contributed by atoms with Crippen LogP contribution >= 0.6 is 0 Å². The number of alkyl halides is 3. The Morgan fingerprint density at radius 3 is 2.33 bits per heavy atom. The fraction of sp³-hybridized carbons (Fsp3) is 0.474. The summed E-state index contributed by atoms with van der Waals surface area (Å²) in [6, 6.07) is 5.55. The van der Waals surface area contributed by atoms with Gasteiger partial charge in [-0.1, -0.05) is 24.3 Å². The molecular weight excluding hydrogens is 363 g/mol. The number of carboxylic acid groups (broad SMARTS) is 1. The van der Waals surface area contributed by atoms with Crippen molar-refractivity contribution in [2.45, 2.75) is 25.6 Å². The van der Waals surface area contributed by atoms with Crippen molar-refractivity contribution >= 4 is 11.9 Å². The molecule has 1 fully saturated rings. The number of aliphatic carboxylic acids is 1. The number of carboxylic acids is 1. The van der Waals surface area contributed by atoms with E-state index in [2.05, 4.69) is 10.1 Å². The molecule has 3 rings (SSSR count). The van der Waals surface area contributed by atoms with Gasteiger partial charge in [0.2, 0.25) is 5.91 Å². The summed E-state index contributed by atoms with van der Waals surface area (Å²) >= 11 is 0. The maximum absolute atomic E-state index is 12.7. The molecule has 1 amide bonds. The lowest BCUT2D eigenvalue weighted by Crippen LogP contribution is -2.41. The third kappa shape index (κ3) is 4.26. The van der Waals surface area contributed by atoms with Crippen LogP contribution in [0.1, 0.15) is 24.9 Å². The van der Waals surface area contributed by atoms with Gasteiger partial charge in [0.1, 0.15) is 5.75 Å². The van der Waals surface area contributed by atoms with Crippen LogP contribution in [0.5, 0.6) is 5.75 Å². The summed E-state index contributed by atoms with van der Waals surface area (Å²) in [6.45, 7) is 0.370. The van der Waals surface area contributed by atoms with Gasteiger partial charge >= 0.3 is 12.1 Å². The third-order valence-corrected chi connectivity index (χ3v) is 5.19. The summed E-state index contributed by atoms with van der Waals surface area (Å²) in [6.07, 6.45) is 0.0482. The first kappa shape index (κ1) is 19.3. The van der Waals surface area contributed by atoms with Gasteiger partial charge in [-0.2, -0.15) is 13.2 Å². The molecule has 8 heteroatoms. The van der Waals surface area contributed by atoms with Crippen LogP contribution in [0.4, 0.5) is 13.2 Å². The van der Waals surface area contributed by atoms with Gasteiger partial charge in [-0.25, -0.2) is 0 Å². The third-order valence-electron chi connectivity index (χ3n) is 5.19. The minimum atomic E-state index is -4.41. The highest BCUT2D eigenvalue weighted by atomic mass is 19.4. The number of fused-ring (bicyclic) bond motifs is 2. The quantitative estimate of drug-likeness (QED) is 0.739. The second-order valence-electron chi connectivity index (χ2n) is 7.04. The molecule has 0 saturated heterocycles. The summed E-state index contributed by atoms with van der Waals surface area (Å²) in [7, 11) is 0. The molecular formula is C19H20F3NO4. The topological polar surface area (TPSA) is 75.6 Å². The van der Waals surface area contributed by atoms with E-state index in [1.807, 2.05) is 12.2 Å². The molecule has 1 aromatic carbocycles. The molecule has 5 nitrogen and oxygen atoms in total. The highest BCUT2D eigenvalue weighted by Crippen LogP contribution is 2.48. The Labute approximate surface area is 154 Å². The van der Waals surface area contributed by atoms with E-state index in [4.69, 9.17) is 0 Å². The number of amides is 1. The fourth-order valence-corrected chi connectivity index (χ4v) is 3.93. The molecule has 146 valence electrons. The molecule has 1 aromatic rings. The van der Waals surface area contributed by atoms with Gasteiger partial charge in [-0.05, 0) is 42.9 Å². The van der Waals surface area contributed by atoms with Gasteiger partial charge in [0.25, 0.3) is 0 Å². The first-order chi connectivity index (χ1) is 12.7. The van der Waals surface area contributed by atoms with Crippen molar-refractivity contribution in [3.63, 3.8) is 0 Å². The van der Waals surface area contributed by atoms with Gasteiger partial charge in [-0.15, -0.1) is 0 Å². The molecule has 0 aromatic heterocycles. The Kier molecular flexibility index (Phi) is 5.17. The lowest BCUT2D eigenvalue weighted by Gasteiger charge is -2.26. The van der Waals surface area contributed by atoms with Crippen LogP contribution in [0.3, 0.4) is 0 Å². The zero-order valence-corrected chi connectivity index (χ0v) is 14.6. The Morgan fingerprint density at radius 2 is 1.78 bits per heavy atom. The van der Waals surface area contributed by atoms with Crippen molar-refractivity contribution in [1.29, 1.82) is 0 Å². The number of hydrogen-bond donors (Lipinski definition) is 2. The molecule has 0 unspecified atom stereocenters. The van der Waals surface area contributed by atoms with Crippen molar-refractivity contribution in [2.24, 2.45) is 23.7 Å². The average Bonchev–Trinajstić information content (AvgIpc) is 3.20. The molecule has 2 N–H and O–H groups in total. The molecule has 5 atom stereocenters. The second kappa shape index (κ2) is 7.25. The standard InChI is InChI=1S/C19H20F3NO4/c1-10(11-4-6-14(7-5-11)27-9-19(20,21)22)23-17(24)15-12-2-3-13(8-12)16(15)18(25)26/h2-7,10,12-13,15-16H,8-9H2,1H3,(H,23,24)(H,25,26)/t10-,12-,13-,15-,16+/m0/s1. The van der Waals surface area contributed by atoms with E-state index in [9.17, 15) is 27.9 Å². The van der Waals surface area contributed by atoms with Crippen molar-refractivity contribution in [2.75, 3.05) is 6.61 Å². The van der Waals surface area contributed by atoms with Crippen molar-refractivity contribution < 1.29 is 32.6 Å². The molecule has 1 saturated carbocycles. The molecule has 2 aliphatic carbocycles. The Hall–Kier alpha value is -2.51. The number of carbonyl (C=O) groups excluding carboxylic acids is 1. The summed E-state index contributed by atoms with van der Waals surface area (Å²) in [5, 5.41) is 12.3. The van der Waals surface area contributed by atoms with E-state index in [0.29, 0.717) is 12.0 Å². The van der Waals surface area contributed by atoms with Crippen LogP contribution in [0, 0.1) is 23.7 Å². The van der Waals surface area contributed by atoms with Crippen molar-refractivity contribution in [1.82, 2.24) is 5.32 Å². The summed E-state index contributed by atoms with van der Waals surface area (Å²) in [5.41, 5.74) is 0.688. The SMILES string of the molecule is C[C@H](NC(=O)[C@@H]1[C@H](C(=O)O)[C@H]2C=C[C@H]1C2)c1ccc(OCC(F)(F)F)cc1. The van der Waals surface area contributed by atoms with Gasteiger partial charge < -0.3 is 15.2 Å². The molecule has 2 aliphatic rings. The average molecular weight is 383 g/mol. The van der Waals surface area contributed by atoms with Gasteiger partial charge in [0, 0.05) is 0 Å².